The summed E-state index contributed by atoms with van der Waals surface area (Å²) in [6.45, 7) is 7.20. The van der Waals surface area contributed by atoms with Crippen molar-refractivity contribution in [2.75, 3.05) is 26.2 Å². The van der Waals surface area contributed by atoms with Crippen LogP contribution >= 0.6 is 11.6 Å². The highest BCUT2D eigenvalue weighted by Crippen LogP contribution is 2.34. The molecule has 0 saturated carbocycles. The molecule has 0 amide bonds. The SMILES string of the molecule is Cc1c(-c2ccc(Cl)cc2)n(Cc2ccc(OCCN3CCCCC3)cc2)c2ccccc12. The lowest BCUT2D eigenvalue weighted by Crippen LogP contribution is -2.33. The molecule has 0 atom stereocenters. The molecule has 4 heteroatoms. The quantitative estimate of drug-likeness (QED) is 0.291. The van der Waals surface area contributed by atoms with Crippen molar-refractivity contribution >= 4 is 22.5 Å². The zero-order chi connectivity index (χ0) is 22.6. The molecule has 0 unspecified atom stereocenters. The van der Waals surface area contributed by atoms with E-state index in [1.165, 1.54) is 65.6 Å². The van der Waals surface area contributed by atoms with Gasteiger partial charge in [-0.15, -0.1) is 0 Å². The van der Waals surface area contributed by atoms with Crippen LogP contribution in [0.4, 0.5) is 0 Å². The van der Waals surface area contributed by atoms with Crippen LogP contribution in [0.25, 0.3) is 22.2 Å². The number of fused-ring (bicyclic) bond motifs is 1. The van der Waals surface area contributed by atoms with Crippen molar-refractivity contribution in [2.45, 2.75) is 32.7 Å². The summed E-state index contributed by atoms with van der Waals surface area (Å²) in [4.78, 5) is 2.51. The molecule has 0 bridgehead atoms. The standard InChI is InChI=1S/C29H31ClN2O/c1-22-27-7-3-4-8-28(27)32(29(22)24-11-13-25(30)14-12-24)21-23-9-15-26(16-10-23)33-20-19-31-17-5-2-6-18-31/h3-4,7-16H,2,5-6,17-21H2,1H3. The van der Waals surface area contributed by atoms with Gasteiger partial charge in [-0.1, -0.05) is 60.5 Å². The Hall–Kier alpha value is -2.75. The predicted molar refractivity (Wildman–Crippen MR) is 138 cm³/mol. The number of aromatic nitrogens is 1. The summed E-state index contributed by atoms with van der Waals surface area (Å²) in [6.07, 6.45) is 4.01. The van der Waals surface area contributed by atoms with Crippen molar-refractivity contribution in [1.82, 2.24) is 9.47 Å². The molecule has 2 heterocycles. The van der Waals surface area contributed by atoms with Crippen LogP contribution in [0.3, 0.4) is 0 Å². The fourth-order valence-corrected chi connectivity index (χ4v) is 5.10. The Morgan fingerprint density at radius 3 is 2.33 bits per heavy atom. The number of piperidine rings is 1. The smallest absolute Gasteiger partial charge is 0.119 e. The molecular formula is C29H31ClN2O. The molecule has 3 nitrogen and oxygen atoms in total. The van der Waals surface area contributed by atoms with E-state index in [1.807, 2.05) is 12.1 Å². The number of nitrogens with zero attached hydrogens (tertiary/aromatic N) is 2. The van der Waals surface area contributed by atoms with Crippen molar-refractivity contribution < 1.29 is 4.74 Å². The van der Waals surface area contributed by atoms with Gasteiger partial charge in [-0.25, -0.2) is 0 Å². The highest BCUT2D eigenvalue weighted by Gasteiger charge is 2.16. The normalized spacial score (nSPS) is 14.6. The summed E-state index contributed by atoms with van der Waals surface area (Å²) in [6, 6.07) is 25.4. The van der Waals surface area contributed by atoms with Gasteiger partial charge in [0.25, 0.3) is 0 Å². The van der Waals surface area contributed by atoms with E-state index in [9.17, 15) is 0 Å². The van der Waals surface area contributed by atoms with E-state index in [4.69, 9.17) is 16.3 Å². The third-order valence-corrected chi connectivity index (χ3v) is 6.98. The average Bonchev–Trinajstić information content (AvgIpc) is 3.13. The van der Waals surface area contributed by atoms with Crippen LogP contribution in [0, 0.1) is 6.92 Å². The molecule has 0 spiro atoms. The van der Waals surface area contributed by atoms with Gasteiger partial charge in [-0.05, 0) is 79.9 Å². The molecule has 1 aliphatic heterocycles. The molecule has 0 N–H and O–H groups in total. The number of rotatable bonds is 7. The molecule has 0 radical (unpaired) electrons. The van der Waals surface area contributed by atoms with E-state index in [2.05, 4.69) is 77.1 Å². The Morgan fingerprint density at radius 2 is 1.58 bits per heavy atom. The monoisotopic (exact) mass is 458 g/mol. The van der Waals surface area contributed by atoms with Crippen LogP contribution in [0.1, 0.15) is 30.4 Å². The number of aryl methyl sites for hydroxylation is 1. The first kappa shape index (κ1) is 22.1. The van der Waals surface area contributed by atoms with E-state index in [1.54, 1.807) is 0 Å². The summed E-state index contributed by atoms with van der Waals surface area (Å²) >= 11 is 6.16. The molecule has 1 aliphatic rings. The fraction of sp³-hybridized carbons (Fsp3) is 0.310. The van der Waals surface area contributed by atoms with Crippen molar-refractivity contribution in [3.63, 3.8) is 0 Å². The second kappa shape index (κ2) is 10.0. The third-order valence-electron chi connectivity index (χ3n) is 6.73. The minimum absolute atomic E-state index is 0.751. The van der Waals surface area contributed by atoms with Gasteiger partial charge in [0.2, 0.25) is 0 Å². The van der Waals surface area contributed by atoms with Gasteiger partial charge in [-0.3, -0.25) is 4.90 Å². The van der Waals surface area contributed by atoms with Crippen molar-refractivity contribution in [1.29, 1.82) is 0 Å². The number of hydrogen-bond acceptors (Lipinski definition) is 2. The largest absolute Gasteiger partial charge is 0.492 e. The number of hydrogen-bond donors (Lipinski definition) is 0. The van der Waals surface area contributed by atoms with Gasteiger partial charge in [0, 0.05) is 29.0 Å². The van der Waals surface area contributed by atoms with Crippen LogP contribution in [-0.4, -0.2) is 35.7 Å². The van der Waals surface area contributed by atoms with Crippen LogP contribution < -0.4 is 4.74 Å². The molecule has 1 saturated heterocycles. The maximum atomic E-state index is 6.16. The molecule has 1 fully saturated rings. The van der Waals surface area contributed by atoms with E-state index < -0.39 is 0 Å². The predicted octanol–water partition coefficient (Wildman–Crippen LogP) is 7.18. The Bertz CT molecular complexity index is 1210. The van der Waals surface area contributed by atoms with Crippen molar-refractivity contribution in [2.24, 2.45) is 0 Å². The fourth-order valence-electron chi connectivity index (χ4n) is 4.97. The Kier molecular flexibility index (Phi) is 6.70. The van der Waals surface area contributed by atoms with E-state index in [-0.39, 0.29) is 0 Å². The lowest BCUT2D eigenvalue weighted by Gasteiger charge is -2.26. The summed E-state index contributed by atoms with van der Waals surface area (Å²) in [5.41, 5.74) is 6.24. The average molecular weight is 459 g/mol. The lowest BCUT2D eigenvalue weighted by molar-refractivity contribution is 0.183. The Morgan fingerprint density at radius 1 is 0.848 bits per heavy atom. The first-order chi connectivity index (χ1) is 16.2. The van der Waals surface area contributed by atoms with E-state index in [0.29, 0.717) is 0 Å². The molecule has 170 valence electrons. The van der Waals surface area contributed by atoms with Crippen LogP contribution in [0.15, 0.2) is 72.8 Å². The molecule has 4 aromatic rings. The van der Waals surface area contributed by atoms with Crippen LogP contribution in [0.5, 0.6) is 5.75 Å². The lowest BCUT2D eigenvalue weighted by atomic mass is 10.1. The second-order valence-corrected chi connectivity index (χ2v) is 9.41. The first-order valence-electron chi connectivity index (χ1n) is 12.0. The van der Waals surface area contributed by atoms with Gasteiger partial charge in [0.05, 0.1) is 5.69 Å². The topological polar surface area (TPSA) is 17.4 Å². The molecule has 33 heavy (non-hydrogen) atoms. The van der Waals surface area contributed by atoms with Gasteiger partial charge in [0.1, 0.15) is 12.4 Å². The zero-order valence-corrected chi connectivity index (χ0v) is 20.0. The number of halogens is 1. The minimum atomic E-state index is 0.751. The van der Waals surface area contributed by atoms with Gasteiger partial charge < -0.3 is 9.30 Å². The summed E-state index contributed by atoms with van der Waals surface area (Å²) in [7, 11) is 0. The van der Waals surface area contributed by atoms with Crippen molar-refractivity contribution in [3.8, 4) is 17.0 Å². The maximum Gasteiger partial charge on any atom is 0.119 e. The highest BCUT2D eigenvalue weighted by molar-refractivity contribution is 6.30. The van der Waals surface area contributed by atoms with Crippen LogP contribution in [0.2, 0.25) is 5.02 Å². The number of benzene rings is 3. The van der Waals surface area contributed by atoms with Gasteiger partial charge in [-0.2, -0.15) is 0 Å². The Labute approximate surface area is 201 Å². The molecule has 5 rings (SSSR count). The zero-order valence-electron chi connectivity index (χ0n) is 19.3. The molecule has 1 aromatic heterocycles. The number of likely N-dealkylation sites (tertiary alicyclic amines) is 1. The van der Waals surface area contributed by atoms with Gasteiger partial charge >= 0.3 is 0 Å². The number of ether oxygens (including phenoxy) is 1. The van der Waals surface area contributed by atoms with E-state index >= 15 is 0 Å². The third kappa shape index (κ3) is 4.95. The Balaban J connectivity index is 1.35. The first-order valence-corrected chi connectivity index (χ1v) is 12.3. The number of para-hydroxylation sites is 1. The molecule has 3 aromatic carbocycles. The van der Waals surface area contributed by atoms with E-state index in [0.717, 1.165) is 30.5 Å². The summed E-state index contributed by atoms with van der Waals surface area (Å²) in [5, 5.41) is 2.05. The minimum Gasteiger partial charge on any atom is -0.492 e. The van der Waals surface area contributed by atoms with Crippen molar-refractivity contribution in [3.05, 3.63) is 88.9 Å². The summed E-state index contributed by atoms with van der Waals surface area (Å²) < 4.78 is 8.45. The maximum absolute atomic E-state index is 6.16. The second-order valence-electron chi connectivity index (χ2n) is 8.98. The van der Waals surface area contributed by atoms with Gasteiger partial charge in [0.15, 0.2) is 0 Å². The molecular weight excluding hydrogens is 428 g/mol. The summed E-state index contributed by atoms with van der Waals surface area (Å²) in [5.74, 6) is 0.947. The molecule has 0 aliphatic carbocycles. The van der Waals surface area contributed by atoms with Crippen LogP contribution in [-0.2, 0) is 6.54 Å². The highest BCUT2D eigenvalue weighted by atomic mass is 35.5.